The lowest BCUT2D eigenvalue weighted by Gasteiger charge is -2.19. The van der Waals surface area contributed by atoms with Crippen LogP contribution in [0.15, 0.2) is 15.5 Å². The molecule has 5 heteroatoms. The van der Waals surface area contributed by atoms with Gasteiger partial charge in [-0.3, -0.25) is 4.79 Å². The highest BCUT2D eigenvalue weighted by Crippen LogP contribution is 2.19. The summed E-state index contributed by atoms with van der Waals surface area (Å²) in [6.07, 6.45) is 2.61. The van der Waals surface area contributed by atoms with Crippen LogP contribution in [0.2, 0.25) is 0 Å². The molecule has 1 unspecified atom stereocenters. The first kappa shape index (κ1) is 14.2. The van der Waals surface area contributed by atoms with Crippen molar-refractivity contribution in [2.45, 2.75) is 46.7 Å². The maximum absolute atomic E-state index is 11.9. The second-order valence-electron chi connectivity index (χ2n) is 4.58. The van der Waals surface area contributed by atoms with Gasteiger partial charge in [0.1, 0.15) is 4.47 Å². The molecule has 0 aromatic carbocycles. The van der Waals surface area contributed by atoms with Gasteiger partial charge >= 0.3 is 0 Å². The first-order valence-electron chi connectivity index (χ1n) is 5.99. The van der Waals surface area contributed by atoms with E-state index in [9.17, 15) is 4.79 Å². The summed E-state index contributed by atoms with van der Waals surface area (Å²) in [5, 5.41) is 7.45. The SMILES string of the molecule is CCCn1ncc(NC(C)C(C)C)c(Br)c1=O. The van der Waals surface area contributed by atoms with Crippen LogP contribution in [-0.2, 0) is 6.54 Å². The van der Waals surface area contributed by atoms with Gasteiger partial charge in [-0.25, -0.2) is 4.68 Å². The second kappa shape index (κ2) is 6.19. The monoisotopic (exact) mass is 301 g/mol. The van der Waals surface area contributed by atoms with Gasteiger partial charge in [0.2, 0.25) is 0 Å². The van der Waals surface area contributed by atoms with Crippen LogP contribution < -0.4 is 10.9 Å². The molecule has 1 heterocycles. The zero-order valence-corrected chi connectivity index (χ0v) is 12.4. The van der Waals surface area contributed by atoms with Crippen molar-refractivity contribution in [3.8, 4) is 0 Å². The van der Waals surface area contributed by atoms with Crippen LogP contribution in [0.25, 0.3) is 0 Å². The van der Waals surface area contributed by atoms with E-state index in [1.54, 1.807) is 6.20 Å². The van der Waals surface area contributed by atoms with Crippen molar-refractivity contribution < 1.29 is 0 Å². The minimum Gasteiger partial charge on any atom is -0.380 e. The summed E-state index contributed by atoms with van der Waals surface area (Å²) < 4.78 is 2.04. The lowest BCUT2D eigenvalue weighted by atomic mass is 10.1. The Balaban J connectivity index is 2.96. The maximum Gasteiger partial charge on any atom is 0.283 e. The third-order valence-corrected chi connectivity index (χ3v) is 3.57. The fourth-order valence-corrected chi connectivity index (χ4v) is 1.77. The summed E-state index contributed by atoms with van der Waals surface area (Å²) in [5.41, 5.74) is 0.691. The van der Waals surface area contributed by atoms with E-state index in [0.29, 0.717) is 23.0 Å². The predicted octanol–water partition coefficient (Wildman–Crippen LogP) is 2.87. The molecule has 1 atom stereocenters. The quantitative estimate of drug-likeness (QED) is 0.910. The van der Waals surface area contributed by atoms with E-state index >= 15 is 0 Å². The van der Waals surface area contributed by atoms with Crippen LogP contribution in [0.3, 0.4) is 0 Å². The maximum atomic E-state index is 11.9. The standard InChI is InChI=1S/C12H20BrN3O/c1-5-6-16-12(17)11(13)10(7-14-16)15-9(4)8(2)3/h7-9,15H,5-6H2,1-4H3. The predicted molar refractivity (Wildman–Crippen MR) is 74.4 cm³/mol. The fraction of sp³-hybridized carbons (Fsp3) is 0.667. The highest BCUT2D eigenvalue weighted by atomic mass is 79.9. The van der Waals surface area contributed by atoms with Crippen molar-refractivity contribution in [1.29, 1.82) is 0 Å². The highest BCUT2D eigenvalue weighted by molar-refractivity contribution is 9.10. The molecular weight excluding hydrogens is 282 g/mol. The van der Waals surface area contributed by atoms with Crippen molar-refractivity contribution >= 4 is 21.6 Å². The number of nitrogens with zero attached hydrogens (tertiary/aromatic N) is 2. The molecule has 0 fully saturated rings. The molecule has 1 aromatic rings. The van der Waals surface area contributed by atoms with Gasteiger partial charge in [-0.05, 0) is 35.2 Å². The molecule has 1 aromatic heterocycles. The van der Waals surface area contributed by atoms with Gasteiger partial charge in [0.15, 0.2) is 0 Å². The number of hydrogen-bond acceptors (Lipinski definition) is 3. The van der Waals surface area contributed by atoms with Crippen LogP contribution in [0, 0.1) is 5.92 Å². The molecule has 4 nitrogen and oxygen atoms in total. The minimum absolute atomic E-state index is 0.0761. The summed E-state index contributed by atoms with van der Waals surface area (Å²) >= 11 is 3.34. The molecule has 1 N–H and O–H groups in total. The van der Waals surface area contributed by atoms with Crippen molar-refractivity contribution in [3.63, 3.8) is 0 Å². The Morgan fingerprint density at radius 3 is 2.65 bits per heavy atom. The molecule has 0 aliphatic heterocycles. The van der Waals surface area contributed by atoms with Gasteiger partial charge in [-0.15, -0.1) is 0 Å². The highest BCUT2D eigenvalue weighted by Gasteiger charge is 2.12. The van der Waals surface area contributed by atoms with E-state index in [2.05, 4.69) is 47.1 Å². The summed E-state index contributed by atoms with van der Waals surface area (Å²) in [6.45, 7) is 9.04. The molecule has 0 spiro atoms. The van der Waals surface area contributed by atoms with Crippen molar-refractivity contribution in [1.82, 2.24) is 9.78 Å². The molecule has 0 saturated heterocycles. The molecule has 0 amide bonds. The lowest BCUT2D eigenvalue weighted by molar-refractivity contribution is 0.550. The smallest absolute Gasteiger partial charge is 0.283 e. The molecule has 1 rings (SSSR count). The van der Waals surface area contributed by atoms with Crippen LogP contribution in [0.4, 0.5) is 5.69 Å². The Kier molecular flexibility index (Phi) is 5.18. The van der Waals surface area contributed by atoms with E-state index in [-0.39, 0.29) is 5.56 Å². The van der Waals surface area contributed by atoms with Crippen LogP contribution in [0.1, 0.15) is 34.1 Å². The van der Waals surface area contributed by atoms with E-state index in [1.807, 2.05) is 6.92 Å². The van der Waals surface area contributed by atoms with Crippen molar-refractivity contribution in [2.75, 3.05) is 5.32 Å². The molecule has 0 aliphatic rings. The molecule has 0 aliphatic carbocycles. The molecule has 96 valence electrons. The van der Waals surface area contributed by atoms with Crippen molar-refractivity contribution in [3.05, 3.63) is 21.0 Å². The first-order chi connectivity index (χ1) is 7.97. The van der Waals surface area contributed by atoms with Gasteiger partial charge in [0, 0.05) is 12.6 Å². The average Bonchev–Trinajstić information content (AvgIpc) is 2.28. The Hall–Kier alpha value is -0.840. The van der Waals surface area contributed by atoms with Gasteiger partial charge in [0.25, 0.3) is 5.56 Å². The molecular formula is C12H20BrN3O. The van der Waals surface area contributed by atoms with E-state index in [0.717, 1.165) is 12.1 Å². The average molecular weight is 302 g/mol. The number of anilines is 1. The second-order valence-corrected chi connectivity index (χ2v) is 5.37. The van der Waals surface area contributed by atoms with E-state index in [4.69, 9.17) is 0 Å². The number of rotatable bonds is 5. The topological polar surface area (TPSA) is 46.9 Å². The Bertz CT molecular complexity index is 428. The van der Waals surface area contributed by atoms with Crippen LogP contribution in [0.5, 0.6) is 0 Å². The summed E-state index contributed by atoms with van der Waals surface area (Å²) in [5.74, 6) is 0.500. The van der Waals surface area contributed by atoms with Gasteiger partial charge in [0.05, 0.1) is 11.9 Å². The number of aryl methyl sites for hydroxylation is 1. The number of aromatic nitrogens is 2. The normalized spacial score (nSPS) is 12.8. The Morgan fingerprint density at radius 2 is 2.12 bits per heavy atom. The Morgan fingerprint density at radius 1 is 1.47 bits per heavy atom. The van der Waals surface area contributed by atoms with Gasteiger partial charge < -0.3 is 5.32 Å². The largest absolute Gasteiger partial charge is 0.380 e. The first-order valence-corrected chi connectivity index (χ1v) is 6.78. The van der Waals surface area contributed by atoms with E-state index in [1.165, 1.54) is 4.68 Å². The Labute approximate surface area is 111 Å². The zero-order valence-electron chi connectivity index (χ0n) is 10.8. The zero-order chi connectivity index (χ0) is 13.0. The molecule has 17 heavy (non-hydrogen) atoms. The van der Waals surface area contributed by atoms with Crippen LogP contribution >= 0.6 is 15.9 Å². The third-order valence-electron chi connectivity index (χ3n) is 2.80. The number of halogens is 1. The van der Waals surface area contributed by atoms with Gasteiger partial charge in [-0.1, -0.05) is 20.8 Å². The number of nitrogens with one attached hydrogen (secondary N) is 1. The lowest BCUT2D eigenvalue weighted by Crippen LogP contribution is -2.27. The molecule has 0 saturated carbocycles. The third kappa shape index (κ3) is 3.56. The number of hydrogen-bond donors (Lipinski definition) is 1. The fourth-order valence-electron chi connectivity index (χ4n) is 1.35. The molecule has 0 radical (unpaired) electrons. The molecule has 0 bridgehead atoms. The summed E-state index contributed by atoms with van der Waals surface area (Å²) in [6, 6.07) is 0.300. The van der Waals surface area contributed by atoms with E-state index < -0.39 is 0 Å². The van der Waals surface area contributed by atoms with Crippen molar-refractivity contribution in [2.24, 2.45) is 5.92 Å². The van der Waals surface area contributed by atoms with Crippen LogP contribution in [-0.4, -0.2) is 15.8 Å². The summed E-state index contributed by atoms with van der Waals surface area (Å²) in [7, 11) is 0. The summed E-state index contributed by atoms with van der Waals surface area (Å²) in [4.78, 5) is 11.9. The minimum atomic E-state index is -0.0761. The van der Waals surface area contributed by atoms with Gasteiger partial charge in [-0.2, -0.15) is 5.10 Å².